The van der Waals surface area contributed by atoms with Crippen LogP contribution in [0.5, 0.6) is 11.5 Å². The summed E-state index contributed by atoms with van der Waals surface area (Å²) < 4.78 is 4.30. The van der Waals surface area contributed by atoms with Crippen LogP contribution in [0.15, 0.2) is 58.3 Å². The minimum absolute atomic E-state index is 0.0833. The first-order valence-corrected chi connectivity index (χ1v) is 26.9. The molecule has 0 aliphatic carbocycles. The van der Waals surface area contributed by atoms with Gasteiger partial charge in [0.25, 0.3) is 0 Å². The van der Waals surface area contributed by atoms with Crippen LogP contribution in [-0.4, -0.2) is 182 Å². The van der Waals surface area contributed by atoms with Crippen LogP contribution in [0.2, 0.25) is 0 Å². The SMILES string of the molecule is CC(O)C(C)S.CC(S)C(=O)O.COC(=O)CCS.N[C@@H](CS)C(=O)O.O=C(O)CCS.O=C(O)CS.OCC(O)CS.OCCCCCCS.OCCS.Oc1ccc(S)cc1.Oc1cccc(S)c1. The minimum atomic E-state index is -1.00. The highest BCUT2D eigenvalue weighted by molar-refractivity contribution is 7.82. The molecule has 18 nitrogen and oxygen atoms in total. The Morgan fingerprint density at radius 2 is 1.04 bits per heavy atom. The zero-order chi connectivity index (χ0) is 57.8. The maximum Gasteiger partial charge on any atom is 0.321 e. The second kappa shape index (κ2) is 73.2. The molecule has 0 heterocycles. The van der Waals surface area contributed by atoms with E-state index < -0.39 is 41.3 Å². The number of rotatable bonds is 17. The maximum atomic E-state index is 10.1. The van der Waals surface area contributed by atoms with E-state index in [0.29, 0.717) is 36.0 Å². The number of phenols is 2. The molecule has 4 unspecified atom stereocenters. The van der Waals surface area contributed by atoms with Crippen molar-refractivity contribution in [2.75, 3.05) is 67.2 Å². The summed E-state index contributed by atoms with van der Waals surface area (Å²) in [5.41, 5.74) is 4.94. The lowest BCUT2D eigenvalue weighted by Gasteiger charge is -2.03. The molecule has 2 aromatic rings. The molecule has 0 saturated carbocycles. The Morgan fingerprint density at radius 1 is 0.606 bits per heavy atom. The first kappa shape index (κ1) is 89.6. The molecular formula is C42H81NO17S11. The van der Waals surface area contributed by atoms with Gasteiger partial charge in [-0.2, -0.15) is 114 Å². The van der Waals surface area contributed by atoms with Gasteiger partial charge in [-0.15, -0.1) is 25.3 Å². The summed E-state index contributed by atoms with van der Waals surface area (Å²) in [6.07, 6.45) is 4.13. The van der Waals surface area contributed by atoms with Crippen LogP contribution in [0, 0.1) is 0 Å². The van der Waals surface area contributed by atoms with Gasteiger partial charge in [-0.3, -0.25) is 24.0 Å². The van der Waals surface area contributed by atoms with Gasteiger partial charge in [0.05, 0.1) is 56.4 Å². The second-order valence-corrected chi connectivity index (χ2v) is 17.9. The van der Waals surface area contributed by atoms with Gasteiger partial charge in [0.15, 0.2) is 0 Å². The number of carbonyl (C=O) groups is 5. The number of aliphatic hydroxyl groups is 5. The number of hydrogen-bond donors (Lipinski definition) is 23. The van der Waals surface area contributed by atoms with E-state index in [-0.39, 0.29) is 60.0 Å². The Bertz CT molecular complexity index is 1390. The summed E-state index contributed by atoms with van der Waals surface area (Å²) in [6, 6.07) is 12.6. The van der Waals surface area contributed by atoms with Gasteiger partial charge >= 0.3 is 29.8 Å². The summed E-state index contributed by atoms with van der Waals surface area (Å²) in [4.78, 5) is 50.0. The average Bonchev–Trinajstić information content (AvgIpc) is 3.32. The quantitative estimate of drug-likeness (QED) is 0.0544. The number of unbranched alkanes of at least 4 members (excludes halogenated alkanes) is 3. The molecule has 0 aliphatic rings. The highest BCUT2D eigenvalue weighted by Gasteiger charge is 2.06. The van der Waals surface area contributed by atoms with Crippen LogP contribution in [-0.2, 0) is 28.7 Å². The smallest absolute Gasteiger partial charge is 0.321 e. The van der Waals surface area contributed by atoms with Crippen LogP contribution >= 0.6 is 139 Å². The molecule has 422 valence electrons. The van der Waals surface area contributed by atoms with Crippen molar-refractivity contribution in [1.82, 2.24) is 0 Å². The van der Waals surface area contributed by atoms with E-state index in [1.165, 1.54) is 26.9 Å². The first-order valence-electron chi connectivity index (χ1n) is 20.5. The third-order valence-corrected chi connectivity index (χ3v) is 9.12. The van der Waals surface area contributed by atoms with Crippen molar-refractivity contribution in [2.24, 2.45) is 5.73 Å². The third-order valence-electron chi connectivity index (χ3n) is 5.84. The molecule has 13 N–H and O–H groups in total. The molecule has 0 fully saturated rings. The van der Waals surface area contributed by atoms with Crippen molar-refractivity contribution in [3.8, 4) is 11.5 Å². The molecule has 0 aliphatic heterocycles. The van der Waals surface area contributed by atoms with E-state index in [0.717, 1.165) is 28.4 Å². The van der Waals surface area contributed by atoms with Crippen LogP contribution < -0.4 is 5.73 Å². The van der Waals surface area contributed by atoms with E-state index in [2.05, 4.69) is 144 Å². The van der Waals surface area contributed by atoms with E-state index >= 15 is 0 Å². The number of aliphatic carboxylic acids is 4. The number of aromatic hydroxyl groups is 2. The van der Waals surface area contributed by atoms with Gasteiger partial charge in [-0.1, -0.05) is 25.8 Å². The van der Waals surface area contributed by atoms with Gasteiger partial charge in [-0.25, -0.2) is 0 Å². The predicted octanol–water partition coefficient (Wildman–Crippen LogP) is 5.28. The van der Waals surface area contributed by atoms with E-state index in [4.69, 9.17) is 61.9 Å². The van der Waals surface area contributed by atoms with Gasteiger partial charge < -0.3 is 66.6 Å². The molecule has 0 radical (unpaired) electrons. The molecule has 0 amide bonds. The van der Waals surface area contributed by atoms with Gasteiger partial charge in [0.2, 0.25) is 0 Å². The highest BCUT2D eigenvalue weighted by atomic mass is 32.1. The molecule has 29 heteroatoms. The Balaban J connectivity index is -0.0000000855. The molecule has 0 bridgehead atoms. The van der Waals surface area contributed by atoms with Crippen molar-refractivity contribution in [3.05, 3.63) is 48.5 Å². The highest BCUT2D eigenvalue weighted by Crippen LogP contribution is 2.13. The molecule has 5 atom stereocenters. The standard InChI is InChI=1S/2C6H6OS.C6H14OS.C4H8O2S.C4H10OS.C3H7NO2S.C3H8O2S.2C3H6O2S.C2H4O2S.C2H6OS/c7-5-1-3-6(8)4-2-5;7-5-2-1-3-6(8)4-5;7-5-3-1-2-4-6-8;1-6-4(5)2-3-7;1-3(5)4(2)6;4-2(1-7)3(5)6;4-1-3(5)2-6;1-2(6)3(4)5;4-3(5)1-2-6;3-2(4)1-5;3-1-2-4/h2*1-4,7-8H;7-8H,1-6H2;7H,2-3H2,1H3;3-6H,1-2H3;2,7H,1,4H2,(H,5,6);3-6H,1-2H2;2,6H,1H3,(H,4,5);6H,1-2H2,(H,4,5);5H,1H2,(H,3,4);3-4H,1-2H2/t;;;;;2-;;;;;/m.....0...../s1. The Labute approximate surface area is 480 Å². The van der Waals surface area contributed by atoms with E-state index in [1.807, 2.05) is 13.0 Å². The number of esters is 1. The second-order valence-electron chi connectivity index (χ2n) is 12.5. The number of thiol groups is 11. The topological polar surface area (TPSA) is 343 Å². The van der Waals surface area contributed by atoms with Crippen molar-refractivity contribution < 1.29 is 84.9 Å². The Hall–Kier alpha value is -1.00. The monoisotopic (exact) mass is 1220 g/mol. The lowest BCUT2D eigenvalue weighted by Crippen LogP contribution is -2.31. The Morgan fingerprint density at radius 3 is 1.20 bits per heavy atom. The summed E-state index contributed by atoms with van der Waals surface area (Å²) in [5.74, 6) is -0.235. The van der Waals surface area contributed by atoms with E-state index in [1.54, 1.807) is 49.4 Å². The molecule has 0 aromatic heterocycles. The van der Waals surface area contributed by atoms with Crippen molar-refractivity contribution in [2.45, 2.75) is 97.8 Å². The molecule has 0 saturated heterocycles. The number of phenolic OH excluding ortho intramolecular Hbond substituents is 2. The zero-order valence-corrected chi connectivity index (χ0v) is 50.0. The number of nitrogens with two attached hydrogens (primary N) is 1. The third kappa shape index (κ3) is 110. The van der Waals surface area contributed by atoms with E-state index in [9.17, 15) is 24.0 Å². The van der Waals surface area contributed by atoms with Crippen LogP contribution in [0.25, 0.3) is 0 Å². The number of hydrogen-bond acceptors (Lipinski definition) is 25. The van der Waals surface area contributed by atoms with Crippen LogP contribution in [0.4, 0.5) is 0 Å². The zero-order valence-electron chi connectivity index (χ0n) is 40.2. The summed E-state index contributed by atoms with van der Waals surface area (Å²) in [6.45, 7) is 5.41. The number of carboxylic acid groups (broad SMARTS) is 4. The van der Waals surface area contributed by atoms with Crippen LogP contribution in [0.1, 0.15) is 59.3 Å². The Kier molecular flexibility index (Phi) is 92.4. The van der Waals surface area contributed by atoms with Gasteiger partial charge in [-0.05, 0) is 74.9 Å². The molecule has 71 heavy (non-hydrogen) atoms. The molecule has 2 aromatic carbocycles. The number of ether oxygens (including phenoxy) is 1. The maximum absolute atomic E-state index is 10.1. The van der Waals surface area contributed by atoms with Gasteiger partial charge in [0.1, 0.15) is 17.5 Å². The fourth-order valence-electron chi connectivity index (χ4n) is 1.95. The summed E-state index contributed by atoms with van der Waals surface area (Å²) in [7, 11) is 1.37. The summed E-state index contributed by atoms with van der Waals surface area (Å²) in [5, 5.41) is 89.6. The number of benzene rings is 2. The molecular weight excluding hydrogens is 1140 g/mol. The molecule has 0 spiro atoms. The lowest BCUT2D eigenvalue weighted by molar-refractivity contribution is -0.140. The fourth-order valence-corrected chi connectivity index (χ4v) is 3.18. The number of aliphatic hydroxyl groups excluding tert-OH is 5. The predicted molar refractivity (Wildman–Crippen MR) is 322 cm³/mol. The number of carboxylic acids is 4. The molecule has 2 rings (SSSR count). The van der Waals surface area contributed by atoms with Crippen molar-refractivity contribution in [1.29, 1.82) is 0 Å². The van der Waals surface area contributed by atoms with Crippen LogP contribution in [0.3, 0.4) is 0 Å². The minimum Gasteiger partial charge on any atom is -0.508 e. The van der Waals surface area contributed by atoms with Gasteiger partial charge in [0, 0.05) is 50.4 Å². The largest absolute Gasteiger partial charge is 0.508 e. The number of carbonyl (C=O) groups excluding carboxylic acids is 1. The average molecular weight is 1220 g/mol. The first-order chi connectivity index (χ1) is 33.0. The summed E-state index contributed by atoms with van der Waals surface area (Å²) >= 11 is 41.5. The number of methoxy groups -OCH3 is 1. The van der Waals surface area contributed by atoms with Crippen molar-refractivity contribution >= 4 is 169 Å². The van der Waals surface area contributed by atoms with Crippen molar-refractivity contribution in [3.63, 3.8) is 0 Å². The lowest BCUT2D eigenvalue weighted by atomic mass is 10.2. The normalized spacial score (nSPS) is 11.0. The fraction of sp³-hybridized carbons (Fsp3) is 0.595.